The van der Waals surface area contributed by atoms with E-state index in [0.29, 0.717) is 24.8 Å². The van der Waals surface area contributed by atoms with E-state index in [0.717, 1.165) is 39.0 Å². The molecule has 3 unspecified atom stereocenters. The lowest BCUT2D eigenvalue weighted by molar-refractivity contribution is 0.0593. The lowest BCUT2D eigenvalue weighted by Crippen LogP contribution is -2.49. The summed E-state index contributed by atoms with van der Waals surface area (Å²) in [6.07, 6.45) is 7.52. The van der Waals surface area contributed by atoms with Crippen LogP contribution in [0.3, 0.4) is 0 Å². The average molecular weight is 268 g/mol. The Morgan fingerprint density at radius 3 is 2.95 bits per heavy atom. The van der Waals surface area contributed by atoms with E-state index in [1.807, 2.05) is 0 Å². The Kier molecular flexibility index (Phi) is 4.13. The first-order chi connectivity index (χ1) is 9.21. The van der Waals surface area contributed by atoms with Crippen LogP contribution in [-0.4, -0.2) is 60.0 Å². The molecular weight excluding hydrogens is 240 g/mol. The number of ether oxygens (including phenoxy) is 1. The Morgan fingerprint density at radius 2 is 2.21 bits per heavy atom. The number of nitrogens with zero attached hydrogens (tertiary/aromatic N) is 1. The Bertz CT molecular complexity index is 309. The number of nitrogens with one attached hydrogen (secondary N) is 1. The lowest BCUT2D eigenvalue weighted by atomic mass is 9.98. The molecule has 0 aromatic carbocycles. The number of hydrogen-bond acceptors (Lipinski definition) is 4. The van der Waals surface area contributed by atoms with Crippen LogP contribution >= 0.6 is 0 Å². The van der Waals surface area contributed by atoms with Crippen LogP contribution in [-0.2, 0) is 4.74 Å². The van der Waals surface area contributed by atoms with Gasteiger partial charge in [0.05, 0.1) is 12.7 Å². The molecule has 3 rings (SSSR count). The highest BCUT2D eigenvalue weighted by Gasteiger charge is 2.43. The van der Waals surface area contributed by atoms with Crippen molar-refractivity contribution in [2.24, 2.45) is 0 Å². The second-order valence-electron chi connectivity index (χ2n) is 6.78. The van der Waals surface area contributed by atoms with E-state index in [-0.39, 0.29) is 5.54 Å². The maximum absolute atomic E-state index is 9.81. The van der Waals surface area contributed by atoms with Crippen LogP contribution in [0.4, 0.5) is 0 Å². The van der Waals surface area contributed by atoms with Gasteiger partial charge >= 0.3 is 0 Å². The van der Waals surface area contributed by atoms with Crippen LogP contribution in [0.25, 0.3) is 0 Å². The minimum absolute atomic E-state index is 0.00222. The second kappa shape index (κ2) is 5.68. The molecule has 0 aromatic heterocycles. The first-order valence-electron chi connectivity index (χ1n) is 7.95. The predicted molar refractivity (Wildman–Crippen MR) is 75.2 cm³/mol. The molecule has 0 radical (unpaired) electrons. The monoisotopic (exact) mass is 268 g/mol. The molecule has 2 N–H and O–H groups in total. The lowest BCUT2D eigenvalue weighted by Gasteiger charge is -2.32. The fraction of sp³-hybridized carbons (Fsp3) is 1.00. The summed E-state index contributed by atoms with van der Waals surface area (Å²) < 4.78 is 5.74. The van der Waals surface area contributed by atoms with E-state index >= 15 is 0 Å². The number of rotatable bonds is 4. The summed E-state index contributed by atoms with van der Waals surface area (Å²) in [5.41, 5.74) is 0.00222. The van der Waals surface area contributed by atoms with Crippen LogP contribution in [0, 0.1) is 0 Å². The van der Waals surface area contributed by atoms with Crippen LogP contribution in [0.2, 0.25) is 0 Å². The van der Waals surface area contributed by atoms with E-state index in [1.165, 1.54) is 19.3 Å². The summed E-state index contributed by atoms with van der Waals surface area (Å²) in [4.78, 5) is 2.60. The quantitative estimate of drug-likeness (QED) is 0.802. The second-order valence-corrected chi connectivity index (χ2v) is 6.78. The van der Waals surface area contributed by atoms with E-state index in [9.17, 15) is 5.11 Å². The van der Waals surface area contributed by atoms with E-state index in [2.05, 4.69) is 17.1 Å². The molecule has 0 amide bonds. The van der Waals surface area contributed by atoms with Crippen molar-refractivity contribution in [3.8, 4) is 0 Å². The molecule has 1 saturated heterocycles. The van der Waals surface area contributed by atoms with Crippen molar-refractivity contribution in [1.29, 1.82) is 0 Å². The minimum Gasteiger partial charge on any atom is -0.394 e. The molecule has 2 saturated carbocycles. The molecule has 3 aliphatic rings. The number of hydrogen-bond donors (Lipinski definition) is 2. The van der Waals surface area contributed by atoms with Gasteiger partial charge in [0, 0.05) is 37.3 Å². The van der Waals surface area contributed by atoms with Crippen LogP contribution in [0.15, 0.2) is 0 Å². The van der Waals surface area contributed by atoms with Gasteiger partial charge in [0.25, 0.3) is 0 Å². The SMILES string of the molecule is CC1CN(C2CCC(CO)(NC3CC3)C2)CCCO1. The molecule has 3 fully saturated rings. The number of aliphatic hydroxyl groups is 1. The smallest absolute Gasteiger partial charge is 0.0674 e. The summed E-state index contributed by atoms with van der Waals surface area (Å²) in [7, 11) is 0. The van der Waals surface area contributed by atoms with Crippen molar-refractivity contribution in [3.05, 3.63) is 0 Å². The van der Waals surface area contributed by atoms with Gasteiger partial charge < -0.3 is 15.2 Å². The third kappa shape index (κ3) is 3.30. The largest absolute Gasteiger partial charge is 0.394 e. The minimum atomic E-state index is 0.00222. The Balaban J connectivity index is 1.59. The van der Waals surface area contributed by atoms with Gasteiger partial charge in [0.2, 0.25) is 0 Å². The van der Waals surface area contributed by atoms with Gasteiger partial charge in [-0.1, -0.05) is 0 Å². The Labute approximate surface area is 116 Å². The Hall–Kier alpha value is -0.160. The first kappa shape index (κ1) is 13.8. The third-order valence-corrected chi connectivity index (χ3v) is 4.97. The first-order valence-corrected chi connectivity index (χ1v) is 7.95. The topological polar surface area (TPSA) is 44.7 Å². The van der Waals surface area contributed by atoms with Gasteiger partial charge in [0.15, 0.2) is 0 Å². The zero-order valence-corrected chi connectivity index (χ0v) is 12.1. The fourth-order valence-electron chi connectivity index (χ4n) is 3.75. The maximum Gasteiger partial charge on any atom is 0.0674 e. The summed E-state index contributed by atoms with van der Waals surface area (Å²) in [6, 6.07) is 1.31. The van der Waals surface area contributed by atoms with Crippen molar-refractivity contribution in [3.63, 3.8) is 0 Å². The molecule has 1 aliphatic heterocycles. The van der Waals surface area contributed by atoms with Crippen molar-refractivity contribution in [1.82, 2.24) is 10.2 Å². The van der Waals surface area contributed by atoms with Gasteiger partial charge in [0.1, 0.15) is 0 Å². The molecule has 0 aromatic rings. The highest BCUT2D eigenvalue weighted by Crippen LogP contribution is 2.36. The van der Waals surface area contributed by atoms with Gasteiger partial charge in [-0.3, -0.25) is 4.90 Å². The highest BCUT2D eigenvalue weighted by atomic mass is 16.5. The summed E-state index contributed by atoms with van der Waals surface area (Å²) in [6.45, 7) is 5.57. The molecule has 110 valence electrons. The molecule has 3 atom stereocenters. The molecule has 4 nitrogen and oxygen atoms in total. The van der Waals surface area contributed by atoms with Crippen molar-refractivity contribution in [2.45, 2.75) is 69.2 Å². The standard InChI is InChI=1S/C15H28N2O2/c1-12-10-17(7-2-8-19-12)14-5-6-15(9-14,11-18)16-13-3-4-13/h12-14,16,18H,2-11H2,1H3. The summed E-state index contributed by atoms with van der Waals surface area (Å²) in [5.74, 6) is 0. The fourth-order valence-corrected chi connectivity index (χ4v) is 3.75. The van der Waals surface area contributed by atoms with Crippen molar-refractivity contribution >= 4 is 0 Å². The third-order valence-electron chi connectivity index (χ3n) is 4.97. The van der Waals surface area contributed by atoms with Gasteiger partial charge in [-0.15, -0.1) is 0 Å². The number of aliphatic hydroxyl groups excluding tert-OH is 1. The zero-order valence-electron chi connectivity index (χ0n) is 12.1. The molecule has 4 heteroatoms. The molecule has 19 heavy (non-hydrogen) atoms. The van der Waals surface area contributed by atoms with Crippen molar-refractivity contribution < 1.29 is 9.84 Å². The van der Waals surface area contributed by atoms with Crippen LogP contribution < -0.4 is 5.32 Å². The summed E-state index contributed by atoms with van der Waals surface area (Å²) in [5, 5.41) is 13.5. The zero-order chi connectivity index (χ0) is 13.3. The molecular formula is C15H28N2O2. The van der Waals surface area contributed by atoms with Gasteiger partial charge in [-0.05, 0) is 45.4 Å². The molecule has 1 heterocycles. The predicted octanol–water partition coefficient (Wildman–Crippen LogP) is 1.13. The van der Waals surface area contributed by atoms with E-state index < -0.39 is 0 Å². The molecule has 0 bridgehead atoms. The van der Waals surface area contributed by atoms with Gasteiger partial charge in [-0.2, -0.15) is 0 Å². The van der Waals surface area contributed by atoms with Crippen LogP contribution in [0.5, 0.6) is 0 Å². The van der Waals surface area contributed by atoms with E-state index in [1.54, 1.807) is 0 Å². The molecule has 2 aliphatic carbocycles. The van der Waals surface area contributed by atoms with Crippen molar-refractivity contribution in [2.75, 3.05) is 26.3 Å². The van der Waals surface area contributed by atoms with Gasteiger partial charge in [-0.25, -0.2) is 0 Å². The van der Waals surface area contributed by atoms with Crippen LogP contribution in [0.1, 0.15) is 45.4 Å². The Morgan fingerprint density at radius 1 is 1.37 bits per heavy atom. The van der Waals surface area contributed by atoms with E-state index in [4.69, 9.17) is 4.74 Å². The molecule has 0 spiro atoms. The average Bonchev–Trinajstić information content (AvgIpc) is 3.15. The highest BCUT2D eigenvalue weighted by molar-refractivity contribution is 5.03. The summed E-state index contributed by atoms with van der Waals surface area (Å²) >= 11 is 0. The maximum atomic E-state index is 9.81. The normalized spacial score (nSPS) is 41.4.